The fourth-order valence-electron chi connectivity index (χ4n) is 6.81. The van der Waals surface area contributed by atoms with Crippen molar-refractivity contribution in [3.63, 3.8) is 0 Å². The van der Waals surface area contributed by atoms with E-state index in [1.54, 1.807) is 12.7 Å². The number of benzene rings is 1. The second kappa shape index (κ2) is 7.54. The Morgan fingerprint density at radius 1 is 1.32 bits per heavy atom. The number of hydrogen-bond donors (Lipinski definition) is 1. The predicted octanol–water partition coefficient (Wildman–Crippen LogP) is 4.63. The highest BCUT2D eigenvalue weighted by atomic mass is 16.6. The monoisotopic (exact) mass is 425 g/mol. The highest BCUT2D eigenvalue weighted by Gasteiger charge is 2.52. The SMILES string of the molecule is COc1cc2c(cc1O)CCN(C[C@H]1C(=O)O[C@@H]3C[C@]4(C)CCC[C@@H](C)C4=C[C@H]31)[C@@H]2C. The van der Waals surface area contributed by atoms with E-state index in [1.165, 1.54) is 30.4 Å². The van der Waals surface area contributed by atoms with Gasteiger partial charge in [-0.1, -0.05) is 31.9 Å². The maximum absolute atomic E-state index is 13.0. The van der Waals surface area contributed by atoms with Gasteiger partial charge in [0.2, 0.25) is 0 Å². The minimum absolute atomic E-state index is 0.0250. The quantitative estimate of drug-likeness (QED) is 0.565. The topological polar surface area (TPSA) is 59.0 Å². The molecule has 0 amide bonds. The van der Waals surface area contributed by atoms with E-state index in [0.717, 1.165) is 25.9 Å². The highest BCUT2D eigenvalue weighted by molar-refractivity contribution is 5.76. The summed E-state index contributed by atoms with van der Waals surface area (Å²) in [6.45, 7) is 8.51. The Bertz CT molecular complexity index is 924. The molecule has 0 aromatic heterocycles. The number of aromatic hydroxyl groups is 1. The van der Waals surface area contributed by atoms with E-state index in [4.69, 9.17) is 9.47 Å². The summed E-state index contributed by atoms with van der Waals surface area (Å²) in [5, 5.41) is 10.1. The van der Waals surface area contributed by atoms with Gasteiger partial charge < -0.3 is 14.6 Å². The Morgan fingerprint density at radius 2 is 2.13 bits per heavy atom. The van der Waals surface area contributed by atoms with Gasteiger partial charge in [0, 0.05) is 25.0 Å². The molecule has 4 aliphatic rings. The van der Waals surface area contributed by atoms with Crippen molar-refractivity contribution in [2.45, 2.75) is 65.0 Å². The average Bonchev–Trinajstić information content (AvgIpc) is 3.02. The summed E-state index contributed by atoms with van der Waals surface area (Å²) in [5.74, 6) is 1.39. The van der Waals surface area contributed by atoms with E-state index in [2.05, 4.69) is 31.7 Å². The predicted molar refractivity (Wildman–Crippen MR) is 119 cm³/mol. The number of ether oxygens (including phenoxy) is 2. The van der Waals surface area contributed by atoms with Gasteiger partial charge in [-0.05, 0) is 67.2 Å². The normalized spacial score (nSPS) is 37.4. The van der Waals surface area contributed by atoms with Crippen LogP contribution in [0.3, 0.4) is 0 Å². The number of phenolic OH excluding ortho intramolecular Hbond substituents is 1. The van der Waals surface area contributed by atoms with Gasteiger partial charge in [0.05, 0.1) is 13.0 Å². The Hall–Kier alpha value is -2.01. The van der Waals surface area contributed by atoms with Crippen LogP contribution >= 0.6 is 0 Å². The number of allylic oxidation sites excluding steroid dienone is 1. The van der Waals surface area contributed by atoms with Crippen LogP contribution in [0.1, 0.15) is 63.6 Å². The molecule has 5 rings (SSSR count). The zero-order valence-corrected chi connectivity index (χ0v) is 19.2. The van der Waals surface area contributed by atoms with Crippen LogP contribution in [0.2, 0.25) is 0 Å². The minimum atomic E-state index is -0.0980. The van der Waals surface area contributed by atoms with Crippen LogP contribution in [0.15, 0.2) is 23.8 Å². The third kappa shape index (κ3) is 3.36. The molecule has 5 nitrogen and oxygen atoms in total. The molecule has 0 spiro atoms. The first kappa shape index (κ1) is 20.9. The molecule has 0 bridgehead atoms. The van der Waals surface area contributed by atoms with E-state index < -0.39 is 0 Å². The second-order valence-corrected chi connectivity index (χ2v) is 10.5. The number of nitrogens with zero attached hydrogens (tertiary/aromatic N) is 1. The van der Waals surface area contributed by atoms with Gasteiger partial charge in [0.1, 0.15) is 6.10 Å². The third-order valence-electron chi connectivity index (χ3n) is 8.62. The van der Waals surface area contributed by atoms with E-state index in [1.807, 2.05) is 12.1 Å². The van der Waals surface area contributed by atoms with Crippen molar-refractivity contribution in [3.8, 4) is 11.5 Å². The minimum Gasteiger partial charge on any atom is -0.504 e. The molecule has 0 unspecified atom stereocenters. The number of hydrogen-bond acceptors (Lipinski definition) is 5. The van der Waals surface area contributed by atoms with Crippen molar-refractivity contribution in [1.29, 1.82) is 0 Å². The molecule has 1 aromatic rings. The smallest absolute Gasteiger partial charge is 0.311 e. The standard InChI is InChI=1S/C26H35NO4/c1-15-6-5-8-26(3)13-24-19(11-21(15)26)20(25(29)31-24)14-27-9-7-17-10-22(28)23(30-4)12-18(17)16(27)2/h10-12,15-16,19-20,24,28H,5-9,13-14H2,1-4H3/t15-,16-,19+,20-,24-,26+/m1/s1. The molecule has 1 aromatic carbocycles. The lowest BCUT2D eigenvalue weighted by molar-refractivity contribution is -0.145. The summed E-state index contributed by atoms with van der Waals surface area (Å²) in [4.78, 5) is 15.4. The molecule has 2 heterocycles. The van der Waals surface area contributed by atoms with Crippen molar-refractivity contribution in [2.24, 2.45) is 23.2 Å². The Balaban J connectivity index is 1.40. The largest absolute Gasteiger partial charge is 0.504 e. The molecule has 2 aliphatic carbocycles. The summed E-state index contributed by atoms with van der Waals surface area (Å²) < 4.78 is 11.3. The van der Waals surface area contributed by atoms with Gasteiger partial charge in [-0.3, -0.25) is 9.69 Å². The van der Waals surface area contributed by atoms with Gasteiger partial charge in [0.25, 0.3) is 0 Å². The molecule has 168 valence electrons. The zero-order valence-electron chi connectivity index (χ0n) is 19.2. The number of esters is 1. The van der Waals surface area contributed by atoms with E-state index >= 15 is 0 Å². The van der Waals surface area contributed by atoms with E-state index in [9.17, 15) is 9.90 Å². The van der Waals surface area contributed by atoms with E-state index in [-0.39, 0.29) is 41.1 Å². The Morgan fingerprint density at radius 3 is 2.90 bits per heavy atom. The first-order chi connectivity index (χ1) is 14.8. The molecule has 1 N–H and O–H groups in total. The second-order valence-electron chi connectivity index (χ2n) is 10.5. The fourth-order valence-corrected chi connectivity index (χ4v) is 6.81. The maximum Gasteiger partial charge on any atom is 0.311 e. The molecule has 31 heavy (non-hydrogen) atoms. The molecule has 5 heteroatoms. The van der Waals surface area contributed by atoms with Crippen molar-refractivity contribution in [3.05, 3.63) is 34.9 Å². The van der Waals surface area contributed by atoms with Crippen LogP contribution in [0.5, 0.6) is 11.5 Å². The van der Waals surface area contributed by atoms with Crippen molar-refractivity contribution in [2.75, 3.05) is 20.2 Å². The third-order valence-corrected chi connectivity index (χ3v) is 8.62. The highest BCUT2D eigenvalue weighted by Crippen LogP contribution is 2.54. The lowest BCUT2D eigenvalue weighted by Gasteiger charge is -2.46. The number of carbonyl (C=O) groups is 1. The van der Waals surface area contributed by atoms with Crippen LogP contribution in [0.25, 0.3) is 0 Å². The van der Waals surface area contributed by atoms with Crippen molar-refractivity contribution < 1.29 is 19.4 Å². The summed E-state index contributed by atoms with van der Waals surface area (Å²) in [7, 11) is 1.58. The van der Waals surface area contributed by atoms with Crippen LogP contribution in [0, 0.1) is 23.2 Å². The average molecular weight is 426 g/mol. The molecular formula is C26H35NO4. The number of rotatable bonds is 3. The summed E-state index contributed by atoms with van der Waals surface area (Å²) >= 11 is 0. The number of carbonyl (C=O) groups excluding carboxylic acids is 1. The van der Waals surface area contributed by atoms with Crippen molar-refractivity contribution >= 4 is 5.97 Å². The molecule has 1 saturated heterocycles. The van der Waals surface area contributed by atoms with Gasteiger partial charge in [-0.2, -0.15) is 0 Å². The van der Waals surface area contributed by atoms with Gasteiger partial charge in [0.15, 0.2) is 11.5 Å². The molecule has 2 fully saturated rings. The first-order valence-electron chi connectivity index (χ1n) is 11.9. The van der Waals surface area contributed by atoms with E-state index in [0.29, 0.717) is 11.7 Å². The fraction of sp³-hybridized carbons (Fsp3) is 0.654. The number of fused-ring (bicyclic) bond motifs is 3. The van der Waals surface area contributed by atoms with Crippen LogP contribution in [0.4, 0.5) is 0 Å². The van der Waals surface area contributed by atoms with Gasteiger partial charge in [-0.15, -0.1) is 0 Å². The first-order valence-corrected chi connectivity index (χ1v) is 11.9. The molecule has 2 aliphatic heterocycles. The molecule has 6 atom stereocenters. The summed E-state index contributed by atoms with van der Waals surface area (Å²) in [6.07, 6.45) is 8.05. The maximum atomic E-state index is 13.0. The lowest BCUT2D eigenvalue weighted by atomic mass is 9.59. The van der Waals surface area contributed by atoms with Crippen LogP contribution in [-0.4, -0.2) is 42.3 Å². The van der Waals surface area contributed by atoms with Crippen LogP contribution < -0.4 is 4.74 Å². The summed E-state index contributed by atoms with van der Waals surface area (Å²) in [5.41, 5.74) is 4.12. The molecule has 1 saturated carbocycles. The summed E-state index contributed by atoms with van der Waals surface area (Å²) in [6, 6.07) is 3.95. The lowest BCUT2D eigenvalue weighted by Crippen LogP contribution is -2.42. The van der Waals surface area contributed by atoms with Crippen LogP contribution in [-0.2, 0) is 16.0 Å². The Kier molecular flexibility index (Phi) is 5.08. The van der Waals surface area contributed by atoms with Crippen molar-refractivity contribution in [1.82, 2.24) is 4.90 Å². The van der Waals surface area contributed by atoms with Gasteiger partial charge >= 0.3 is 5.97 Å². The Labute approximate surface area is 185 Å². The zero-order chi connectivity index (χ0) is 21.9. The number of methoxy groups -OCH3 is 1. The molecular weight excluding hydrogens is 390 g/mol. The number of phenols is 1. The van der Waals surface area contributed by atoms with Gasteiger partial charge in [-0.25, -0.2) is 0 Å². The molecule has 0 radical (unpaired) electrons.